The maximum absolute atomic E-state index is 12.8. The third kappa shape index (κ3) is 4.48. The minimum atomic E-state index is -4.57. The van der Waals surface area contributed by atoms with E-state index in [0.717, 1.165) is 22.0 Å². The summed E-state index contributed by atoms with van der Waals surface area (Å²) in [6.45, 7) is 0. The molecule has 1 heterocycles. The number of alkyl halides is 3. The number of rotatable bonds is 3. The molecule has 0 aliphatic carbocycles. The molecule has 22 heavy (non-hydrogen) atoms. The maximum Gasteiger partial charge on any atom is 0.418 e. The fourth-order valence-corrected chi connectivity index (χ4v) is 1.92. The molecule has 0 saturated carbocycles. The summed E-state index contributed by atoms with van der Waals surface area (Å²) in [5, 5.41) is 2.10. The quantitative estimate of drug-likeness (QED) is 0.520. The molecule has 9 heteroatoms. The molecule has 1 aromatic carbocycles. The number of anilines is 2. The summed E-state index contributed by atoms with van der Waals surface area (Å²) in [4.78, 5) is 15.2. The first kappa shape index (κ1) is 16.3. The number of amides is 2. The standard InChI is InChI=1S/C13H10F3IN4O/c14-13(15,16)10-5-6-18-7-11(10)19-12(22)21-20-9-3-1-8(17)2-4-9/h1-7,20H,(H2,19,21,22). The molecule has 0 saturated heterocycles. The Morgan fingerprint density at radius 2 is 1.82 bits per heavy atom. The molecule has 1 aromatic heterocycles. The van der Waals surface area contributed by atoms with Crippen LogP contribution in [0.15, 0.2) is 42.7 Å². The Morgan fingerprint density at radius 1 is 1.14 bits per heavy atom. The summed E-state index contributed by atoms with van der Waals surface area (Å²) < 4.78 is 39.3. The second-order valence-corrected chi connectivity index (χ2v) is 5.38. The van der Waals surface area contributed by atoms with Crippen LogP contribution in [-0.4, -0.2) is 11.0 Å². The minimum Gasteiger partial charge on any atom is -0.304 e. The largest absolute Gasteiger partial charge is 0.418 e. The molecule has 0 radical (unpaired) electrons. The van der Waals surface area contributed by atoms with Crippen LogP contribution in [0, 0.1) is 3.57 Å². The van der Waals surface area contributed by atoms with Crippen molar-refractivity contribution in [3.05, 3.63) is 51.9 Å². The molecular weight excluding hydrogens is 412 g/mol. The van der Waals surface area contributed by atoms with Gasteiger partial charge in [0, 0.05) is 9.77 Å². The zero-order chi connectivity index (χ0) is 16.2. The Hall–Kier alpha value is -2.04. The predicted molar refractivity (Wildman–Crippen MR) is 84.2 cm³/mol. The van der Waals surface area contributed by atoms with Crippen molar-refractivity contribution < 1.29 is 18.0 Å². The van der Waals surface area contributed by atoms with Crippen LogP contribution in [0.25, 0.3) is 0 Å². The van der Waals surface area contributed by atoms with Crippen LogP contribution < -0.4 is 16.2 Å². The van der Waals surface area contributed by atoms with Gasteiger partial charge in [-0.25, -0.2) is 4.79 Å². The number of nitrogens with one attached hydrogen (secondary N) is 3. The summed E-state index contributed by atoms with van der Waals surface area (Å²) >= 11 is 2.12. The molecule has 0 atom stereocenters. The van der Waals surface area contributed by atoms with Crippen molar-refractivity contribution in [2.45, 2.75) is 6.18 Å². The predicted octanol–water partition coefficient (Wildman–Crippen LogP) is 3.85. The van der Waals surface area contributed by atoms with Crippen LogP contribution in [0.5, 0.6) is 0 Å². The Bertz CT molecular complexity index is 661. The molecule has 116 valence electrons. The van der Waals surface area contributed by atoms with Gasteiger partial charge in [-0.05, 0) is 52.9 Å². The van der Waals surface area contributed by atoms with Gasteiger partial charge in [0.25, 0.3) is 0 Å². The lowest BCUT2D eigenvalue weighted by Crippen LogP contribution is -2.34. The Morgan fingerprint density at radius 3 is 2.45 bits per heavy atom. The van der Waals surface area contributed by atoms with Gasteiger partial charge in [0.1, 0.15) is 0 Å². The molecule has 3 N–H and O–H groups in total. The number of hydrogen-bond donors (Lipinski definition) is 3. The number of nitrogens with zero attached hydrogens (tertiary/aromatic N) is 1. The summed E-state index contributed by atoms with van der Waals surface area (Å²) in [6.07, 6.45) is -2.63. The number of pyridine rings is 1. The number of hydrogen-bond acceptors (Lipinski definition) is 3. The van der Waals surface area contributed by atoms with E-state index in [-0.39, 0.29) is 0 Å². The van der Waals surface area contributed by atoms with Crippen molar-refractivity contribution in [2.75, 3.05) is 10.7 Å². The van der Waals surface area contributed by atoms with E-state index in [2.05, 4.69) is 43.7 Å². The number of hydrazine groups is 1. The second-order valence-electron chi connectivity index (χ2n) is 4.13. The van der Waals surface area contributed by atoms with Crippen molar-refractivity contribution in [2.24, 2.45) is 0 Å². The third-order valence-corrected chi connectivity index (χ3v) is 3.26. The summed E-state index contributed by atoms with van der Waals surface area (Å²) in [5.41, 5.74) is 4.04. The van der Waals surface area contributed by atoms with Crippen LogP contribution in [0.2, 0.25) is 0 Å². The Balaban J connectivity index is 1.99. The van der Waals surface area contributed by atoms with Gasteiger partial charge in [0.05, 0.1) is 23.1 Å². The molecule has 0 aliphatic heterocycles. The highest BCUT2D eigenvalue weighted by molar-refractivity contribution is 14.1. The zero-order valence-electron chi connectivity index (χ0n) is 10.9. The van der Waals surface area contributed by atoms with Crippen LogP contribution in [0.1, 0.15) is 5.56 Å². The minimum absolute atomic E-state index is 0.420. The highest BCUT2D eigenvalue weighted by Gasteiger charge is 2.33. The molecule has 0 spiro atoms. The van der Waals surface area contributed by atoms with Gasteiger partial charge < -0.3 is 5.32 Å². The van der Waals surface area contributed by atoms with Gasteiger partial charge in [0.2, 0.25) is 0 Å². The first-order chi connectivity index (χ1) is 10.4. The van der Waals surface area contributed by atoms with Crippen molar-refractivity contribution in [3.63, 3.8) is 0 Å². The number of urea groups is 1. The van der Waals surface area contributed by atoms with Gasteiger partial charge in [-0.3, -0.25) is 15.8 Å². The van der Waals surface area contributed by atoms with Gasteiger partial charge in [-0.2, -0.15) is 13.2 Å². The number of halogens is 4. The van der Waals surface area contributed by atoms with Gasteiger partial charge in [-0.1, -0.05) is 0 Å². The van der Waals surface area contributed by atoms with Crippen molar-refractivity contribution >= 4 is 40.0 Å². The van der Waals surface area contributed by atoms with Gasteiger partial charge in [0.15, 0.2) is 0 Å². The lowest BCUT2D eigenvalue weighted by molar-refractivity contribution is -0.137. The number of benzene rings is 1. The average molecular weight is 422 g/mol. The van der Waals surface area contributed by atoms with E-state index in [9.17, 15) is 18.0 Å². The summed E-state index contributed by atoms with van der Waals surface area (Å²) in [7, 11) is 0. The first-order valence-corrected chi connectivity index (χ1v) is 7.04. The smallest absolute Gasteiger partial charge is 0.304 e. The van der Waals surface area contributed by atoms with Gasteiger partial charge in [-0.15, -0.1) is 0 Å². The molecule has 2 rings (SSSR count). The molecule has 0 bridgehead atoms. The summed E-state index contributed by atoms with van der Waals surface area (Å²) in [6, 6.07) is 7.01. The SMILES string of the molecule is O=C(NNc1ccc(I)cc1)Nc1cnccc1C(F)(F)F. The molecule has 0 aliphatic rings. The second kappa shape index (κ2) is 6.81. The first-order valence-electron chi connectivity index (χ1n) is 5.96. The molecular formula is C13H10F3IN4O. The van der Waals surface area contributed by atoms with E-state index in [1.165, 1.54) is 0 Å². The lowest BCUT2D eigenvalue weighted by atomic mass is 10.2. The van der Waals surface area contributed by atoms with Crippen molar-refractivity contribution in [3.8, 4) is 0 Å². The van der Waals surface area contributed by atoms with E-state index < -0.39 is 23.5 Å². The topological polar surface area (TPSA) is 66.1 Å². The highest BCUT2D eigenvalue weighted by Crippen LogP contribution is 2.33. The van der Waals surface area contributed by atoms with E-state index in [4.69, 9.17) is 0 Å². The fraction of sp³-hybridized carbons (Fsp3) is 0.0769. The van der Waals surface area contributed by atoms with E-state index in [1.54, 1.807) is 12.1 Å². The van der Waals surface area contributed by atoms with Crippen LogP contribution in [0.3, 0.4) is 0 Å². The molecule has 2 amide bonds. The number of carbonyl (C=O) groups excluding carboxylic acids is 1. The maximum atomic E-state index is 12.8. The van der Waals surface area contributed by atoms with Crippen molar-refractivity contribution in [1.82, 2.24) is 10.4 Å². The van der Waals surface area contributed by atoms with Gasteiger partial charge >= 0.3 is 12.2 Å². The fourth-order valence-electron chi connectivity index (χ4n) is 1.56. The Kier molecular flexibility index (Phi) is 5.06. The van der Waals surface area contributed by atoms with E-state index >= 15 is 0 Å². The molecule has 5 nitrogen and oxygen atoms in total. The summed E-state index contributed by atoms with van der Waals surface area (Å²) in [5.74, 6) is 0. The van der Waals surface area contributed by atoms with E-state index in [0.29, 0.717) is 5.69 Å². The third-order valence-electron chi connectivity index (χ3n) is 2.54. The van der Waals surface area contributed by atoms with E-state index in [1.807, 2.05) is 12.1 Å². The van der Waals surface area contributed by atoms with Crippen molar-refractivity contribution in [1.29, 1.82) is 0 Å². The molecule has 0 fully saturated rings. The van der Waals surface area contributed by atoms with Crippen LogP contribution in [-0.2, 0) is 6.18 Å². The Labute approximate surface area is 137 Å². The lowest BCUT2D eigenvalue weighted by Gasteiger charge is -2.14. The number of aromatic nitrogens is 1. The van der Waals surface area contributed by atoms with Crippen LogP contribution >= 0.6 is 22.6 Å². The van der Waals surface area contributed by atoms with Crippen LogP contribution in [0.4, 0.5) is 29.3 Å². The average Bonchev–Trinajstić information content (AvgIpc) is 2.46. The number of carbonyl (C=O) groups is 1. The highest BCUT2D eigenvalue weighted by atomic mass is 127. The molecule has 0 unspecified atom stereocenters. The normalized spacial score (nSPS) is 10.9. The zero-order valence-corrected chi connectivity index (χ0v) is 13.1. The molecule has 2 aromatic rings. The monoisotopic (exact) mass is 422 g/mol.